The van der Waals surface area contributed by atoms with Gasteiger partial charge < -0.3 is 15.2 Å². The molecule has 0 spiro atoms. The number of nitrogens with one attached hydrogen (secondary N) is 1. The fourth-order valence-corrected chi connectivity index (χ4v) is 2.71. The van der Waals surface area contributed by atoms with Crippen LogP contribution in [-0.4, -0.2) is 29.8 Å². The predicted molar refractivity (Wildman–Crippen MR) is 78.4 cm³/mol. The van der Waals surface area contributed by atoms with Gasteiger partial charge in [0.15, 0.2) is 6.61 Å². The van der Waals surface area contributed by atoms with Crippen LogP contribution >= 0.6 is 23.2 Å². The van der Waals surface area contributed by atoms with Gasteiger partial charge in [0.25, 0.3) is 5.91 Å². The average Bonchev–Trinajstić information content (AvgIpc) is 2.89. The Hall–Kier alpha value is -0.970. The van der Waals surface area contributed by atoms with Crippen LogP contribution in [0, 0.1) is 0 Å². The van der Waals surface area contributed by atoms with Crippen molar-refractivity contribution in [1.82, 2.24) is 5.32 Å². The molecule has 1 amide bonds. The standard InChI is InChI=1S/C14H17Cl2NO3/c15-11-4-3-10(7-12(11)16)20-8-13(19)17-14(9-18)5-1-2-6-14/h3-4,7,18H,1-2,5-6,8-9H2,(H,17,19). The van der Waals surface area contributed by atoms with Crippen molar-refractivity contribution >= 4 is 29.1 Å². The van der Waals surface area contributed by atoms with Crippen LogP contribution in [0.15, 0.2) is 18.2 Å². The fourth-order valence-electron chi connectivity index (χ4n) is 2.42. The van der Waals surface area contributed by atoms with Crippen LogP contribution in [0.3, 0.4) is 0 Å². The molecule has 0 saturated heterocycles. The number of ether oxygens (including phenoxy) is 1. The highest BCUT2D eigenvalue weighted by molar-refractivity contribution is 6.42. The van der Waals surface area contributed by atoms with Crippen molar-refractivity contribution in [1.29, 1.82) is 0 Å². The maximum Gasteiger partial charge on any atom is 0.258 e. The lowest BCUT2D eigenvalue weighted by atomic mass is 9.99. The summed E-state index contributed by atoms with van der Waals surface area (Å²) in [6, 6.07) is 4.83. The topological polar surface area (TPSA) is 58.6 Å². The second kappa shape index (κ2) is 6.66. The molecular weight excluding hydrogens is 301 g/mol. The molecular formula is C14H17Cl2NO3. The minimum Gasteiger partial charge on any atom is -0.484 e. The molecule has 0 aromatic heterocycles. The van der Waals surface area contributed by atoms with E-state index in [1.807, 2.05) is 0 Å². The smallest absolute Gasteiger partial charge is 0.258 e. The maximum absolute atomic E-state index is 11.9. The number of halogens is 2. The van der Waals surface area contributed by atoms with Crippen LogP contribution in [0.2, 0.25) is 10.0 Å². The van der Waals surface area contributed by atoms with Crippen molar-refractivity contribution in [2.24, 2.45) is 0 Å². The Kier molecular flexibility index (Phi) is 5.13. The third-order valence-corrected chi connectivity index (χ3v) is 4.27. The highest BCUT2D eigenvalue weighted by atomic mass is 35.5. The first-order valence-corrected chi connectivity index (χ1v) is 7.30. The third-order valence-electron chi connectivity index (χ3n) is 3.53. The Morgan fingerprint density at radius 3 is 2.60 bits per heavy atom. The molecule has 0 radical (unpaired) electrons. The first kappa shape index (κ1) is 15.4. The minimum atomic E-state index is -0.474. The molecule has 1 aliphatic rings. The fraction of sp³-hybridized carbons (Fsp3) is 0.500. The molecule has 6 heteroatoms. The van der Waals surface area contributed by atoms with E-state index in [0.717, 1.165) is 25.7 Å². The Morgan fingerprint density at radius 1 is 1.30 bits per heavy atom. The second-order valence-electron chi connectivity index (χ2n) is 5.06. The molecule has 2 N–H and O–H groups in total. The van der Waals surface area contributed by atoms with E-state index in [9.17, 15) is 9.90 Å². The van der Waals surface area contributed by atoms with Crippen molar-refractivity contribution in [3.8, 4) is 5.75 Å². The van der Waals surface area contributed by atoms with Gasteiger partial charge in [-0.3, -0.25) is 4.79 Å². The molecule has 20 heavy (non-hydrogen) atoms. The summed E-state index contributed by atoms with van der Waals surface area (Å²) in [5, 5.41) is 13.1. The lowest BCUT2D eigenvalue weighted by Gasteiger charge is -2.27. The molecule has 2 rings (SSSR count). The zero-order valence-electron chi connectivity index (χ0n) is 11.0. The summed E-state index contributed by atoms with van der Waals surface area (Å²) < 4.78 is 5.37. The monoisotopic (exact) mass is 317 g/mol. The van der Waals surface area contributed by atoms with Crippen LogP contribution in [0.1, 0.15) is 25.7 Å². The molecule has 0 aliphatic heterocycles. The second-order valence-corrected chi connectivity index (χ2v) is 5.87. The predicted octanol–water partition coefficient (Wildman–Crippen LogP) is 2.79. The minimum absolute atomic E-state index is 0.0362. The van der Waals surface area contributed by atoms with E-state index in [1.54, 1.807) is 18.2 Å². The third kappa shape index (κ3) is 3.78. The summed E-state index contributed by atoms with van der Waals surface area (Å²) in [5.41, 5.74) is -0.474. The van der Waals surface area contributed by atoms with E-state index in [4.69, 9.17) is 27.9 Å². The van der Waals surface area contributed by atoms with Gasteiger partial charge in [-0.15, -0.1) is 0 Å². The lowest BCUT2D eigenvalue weighted by Crippen LogP contribution is -2.50. The molecule has 0 atom stereocenters. The normalized spacial score (nSPS) is 16.9. The van der Waals surface area contributed by atoms with Gasteiger partial charge in [-0.25, -0.2) is 0 Å². The number of amides is 1. The van der Waals surface area contributed by atoms with Crippen LogP contribution in [0.25, 0.3) is 0 Å². The highest BCUT2D eigenvalue weighted by Crippen LogP contribution is 2.29. The zero-order valence-corrected chi connectivity index (χ0v) is 12.5. The van der Waals surface area contributed by atoms with Crippen LogP contribution < -0.4 is 10.1 Å². The summed E-state index contributed by atoms with van der Waals surface area (Å²) in [5.74, 6) is 0.242. The lowest BCUT2D eigenvalue weighted by molar-refractivity contribution is -0.125. The highest BCUT2D eigenvalue weighted by Gasteiger charge is 2.34. The number of carbonyl (C=O) groups is 1. The van der Waals surface area contributed by atoms with Crippen LogP contribution in [-0.2, 0) is 4.79 Å². The van der Waals surface area contributed by atoms with Crippen molar-refractivity contribution in [3.05, 3.63) is 28.2 Å². The van der Waals surface area contributed by atoms with Gasteiger partial charge >= 0.3 is 0 Å². The largest absolute Gasteiger partial charge is 0.484 e. The SMILES string of the molecule is O=C(COc1ccc(Cl)c(Cl)c1)NC1(CO)CCCC1. The molecule has 0 heterocycles. The summed E-state index contributed by atoms with van der Waals surface area (Å²) >= 11 is 11.7. The van der Waals surface area contributed by atoms with Crippen molar-refractivity contribution < 1.29 is 14.6 Å². The number of hydrogen-bond acceptors (Lipinski definition) is 3. The Morgan fingerprint density at radius 2 is 2.00 bits per heavy atom. The van der Waals surface area contributed by atoms with E-state index in [2.05, 4.69) is 5.32 Å². The van der Waals surface area contributed by atoms with E-state index in [-0.39, 0.29) is 19.1 Å². The van der Waals surface area contributed by atoms with Crippen molar-refractivity contribution in [2.45, 2.75) is 31.2 Å². The maximum atomic E-state index is 11.9. The van der Waals surface area contributed by atoms with Gasteiger partial charge in [0.2, 0.25) is 0 Å². The zero-order chi connectivity index (χ0) is 14.6. The number of aliphatic hydroxyl groups is 1. The van der Waals surface area contributed by atoms with Crippen molar-refractivity contribution in [2.75, 3.05) is 13.2 Å². The quantitative estimate of drug-likeness (QED) is 0.878. The van der Waals surface area contributed by atoms with Gasteiger partial charge in [-0.1, -0.05) is 36.0 Å². The summed E-state index contributed by atoms with van der Waals surface area (Å²) in [4.78, 5) is 11.9. The van der Waals surface area contributed by atoms with Crippen LogP contribution in [0.5, 0.6) is 5.75 Å². The van der Waals surface area contributed by atoms with Gasteiger partial charge in [0.1, 0.15) is 5.75 Å². The first-order chi connectivity index (χ1) is 9.54. The molecule has 110 valence electrons. The van der Waals surface area contributed by atoms with E-state index < -0.39 is 5.54 Å². The Balaban J connectivity index is 1.87. The molecule has 4 nitrogen and oxygen atoms in total. The molecule has 0 unspecified atom stereocenters. The number of carbonyl (C=O) groups excluding carboxylic acids is 1. The Labute approximate surface area is 128 Å². The van der Waals surface area contributed by atoms with Crippen LogP contribution in [0.4, 0.5) is 0 Å². The molecule has 1 saturated carbocycles. The number of aliphatic hydroxyl groups excluding tert-OH is 1. The van der Waals surface area contributed by atoms with E-state index in [0.29, 0.717) is 15.8 Å². The summed E-state index contributed by atoms with van der Waals surface area (Å²) in [6.07, 6.45) is 3.66. The van der Waals surface area contributed by atoms with Gasteiger partial charge in [-0.05, 0) is 25.0 Å². The first-order valence-electron chi connectivity index (χ1n) is 6.54. The molecule has 1 aliphatic carbocycles. The van der Waals surface area contributed by atoms with Crippen molar-refractivity contribution in [3.63, 3.8) is 0 Å². The molecule has 1 fully saturated rings. The number of benzene rings is 1. The van der Waals surface area contributed by atoms with E-state index in [1.165, 1.54) is 0 Å². The molecule has 0 bridgehead atoms. The summed E-state index contributed by atoms with van der Waals surface area (Å²) in [6.45, 7) is -0.148. The van der Waals surface area contributed by atoms with Gasteiger partial charge in [0, 0.05) is 6.07 Å². The average molecular weight is 318 g/mol. The van der Waals surface area contributed by atoms with E-state index >= 15 is 0 Å². The van der Waals surface area contributed by atoms with Gasteiger partial charge in [-0.2, -0.15) is 0 Å². The summed E-state index contributed by atoms with van der Waals surface area (Å²) in [7, 11) is 0. The number of rotatable bonds is 5. The van der Waals surface area contributed by atoms with Gasteiger partial charge in [0.05, 0.1) is 22.2 Å². The molecule has 1 aromatic carbocycles. The molecule has 1 aromatic rings. The number of hydrogen-bond donors (Lipinski definition) is 2. The Bertz CT molecular complexity index is 487.